The molecule has 26 heavy (non-hydrogen) atoms. The summed E-state index contributed by atoms with van der Waals surface area (Å²) in [6.45, 7) is 4.77. The van der Waals surface area contributed by atoms with Crippen molar-refractivity contribution in [3.8, 4) is 0 Å². The molecule has 1 aliphatic heterocycles. The molecule has 0 saturated carbocycles. The molecule has 2 aliphatic rings. The van der Waals surface area contributed by atoms with Gasteiger partial charge < -0.3 is 15.0 Å². The zero-order valence-electron chi connectivity index (χ0n) is 15.2. The van der Waals surface area contributed by atoms with Crippen molar-refractivity contribution in [1.29, 1.82) is 0 Å². The van der Waals surface area contributed by atoms with Gasteiger partial charge in [0.1, 0.15) is 0 Å². The second kappa shape index (κ2) is 8.89. The van der Waals surface area contributed by atoms with Crippen molar-refractivity contribution in [3.63, 3.8) is 0 Å². The Morgan fingerprint density at radius 3 is 2.58 bits per heavy atom. The molecule has 1 saturated heterocycles. The lowest BCUT2D eigenvalue weighted by Gasteiger charge is -2.34. The van der Waals surface area contributed by atoms with Gasteiger partial charge in [0.05, 0.1) is 36.4 Å². The van der Waals surface area contributed by atoms with Gasteiger partial charge in [-0.3, -0.25) is 19.6 Å². The minimum absolute atomic E-state index is 0.0532. The maximum Gasteiger partial charge on any atom is 0.226 e. The highest BCUT2D eigenvalue weighted by Crippen LogP contribution is 2.28. The van der Waals surface area contributed by atoms with Crippen molar-refractivity contribution >= 4 is 11.8 Å². The van der Waals surface area contributed by atoms with E-state index in [1.807, 2.05) is 24.0 Å². The summed E-state index contributed by atoms with van der Waals surface area (Å²) in [7, 11) is 0. The Labute approximate surface area is 153 Å². The van der Waals surface area contributed by atoms with Gasteiger partial charge in [0.2, 0.25) is 11.8 Å². The fourth-order valence-electron chi connectivity index (χ4n) is 3.51. The molecule has 0 spiro atoms. The number of ether oxygens (including phenoxy) is 1. The van der Waals surface area contributed by atoms with E-state index in [-0.39, 0.29) is 23.7 Å². The molecule has 7 nitrogen and oxygen atoms in total. The van der Waals surface area contributed by atoms with E-state index in [9.17, 15) is 9.59 Å². The maximum absolute atomic E-state index is 12.8. The van der Waals surface area contributed by atoms with Gasteiger partial charge in [-0.05, 0) is 19.8 Å². The Kier molecular flexibility index (Phi) is 6.33. The lowest BCUT2D eigenvalue weighted by molar-refractivity contribution is -0.145. The summed E-state index contributed by atoms with van der Waals surface area (Å²) in [5, 5.41) is 2.98. The Morgan fingerprint density at radius 2 is 1.85 bits per heavy atom. The first kappa shape index (κ1) is 18.5. The quantitative estimate of drug-likeness (QED) is 0.790. The predicted octanol–water partition coefficient (Wildman–Crippen LogP) is 0.885. The van der Waals surface area contributed by atoms with Crippen molar-refractivity contribution in [1.82, 2.24) is 20.2 Å². The minimum Gasteiger partial charge on any atom is -0.378 e. The van der Waals surface area contributed by atoms with Crippen molar-refractivity contribution in [2.75, 3.05) is 32.8 Å². The van der Waals surface area contributed by atoms with Crippen LogP contribution in [0, 0.1) is 18.8 Å². The Morgan fingerprint density at radius 1 is 1.15 bits per heavy atom. The number of nitrogens with zero attached hydrogens (tertiary/aromatic N) is 3. The Hall–Kier alpha value is -2.28. The molecule has 1 aliphatic carbocycles. The summed E-state index contributed by atoms with van der Waals surface area (Å²) in [5.74, 6) is -0.570. The summed E-state index contributed by atoms with van der Waals surface area (Å²) < 4.78 is 5.32. The minimum atomic E-state index is -0.307. The number of amides is 2. The highest BCUT2D eigenvalue weighted by molar-refractivity contribution is 5.88. The number of rotatable bonds is 5. The molecule has 2 amide bonds. The molecular weight excluding hydrogens is 332 g/mol. The topological polar surface area (TPSA) is 84.4 Å². The summed E-state index contributed by atoms with van der Waals surface area (Å²) in [6.07, 6.45) is 9.20. The standard InChI is InChI=1S/C19H26N4O3/c1-14-17(21-9-8-20-14)6-7-22-18(24)15-4-2-3-5-16(15)19(25)23-10-12-26-13-11-23/h2-3,8-9,15-16H,4-7,10-13H2,1H3,(H,22,24). The van der Waals surface area contributed by atoms with Gasteiger partial charge in [-0.25, -0.2) is 0 Å². The molecule has 140 valence electrons. The monoisotopic (exact) mass is 358 g/mol. The van der Waals surface area contributed by atoms with Crippen LogP contribution in [0.1, 0.15) is 24.2 Å². The van der Waals surface area contributed by atoms with E-state index in [4.69, 9.17) is 4.74 Å². The van der Waals surface area contributed by atoms with E-state index in [1.54, 1.807) is 12.4 Å². The molecule has 0 aromatic carbocycles. The molecule has 2 heterocycles. The SMILES string of the molecule is Cc1nccnc1CCNC(=O)C1CC=CCC1C(=O)N1CCOCC1. The van der Waals surface area contributed by atoms with Crippen LogP contribution in [-0.4, -0.2) is 59.5 Å². The van der Waals surface area contributed by atoms with Crippen LogP contribution in [0.3, 0.4) is 0 Å². The third-order valence-corrected chi connectivity index (χ3v) is 5.05. The van der Waals surface area contributed by atoms with E-state index in [1.165, 1.54) is 0 Å². The Bertz CT molecular complexity index is 671. The third kappa shape index (κ3) is 4.46. The number of allylic oxidation sites excluding steroid dienone is 2. The first-order chi connectivity index (χ1) is 12.7. The van der Waals surface area contributed by atoms with E-state index in [0.29, 0.717) is 52.1 Å². The molecule has 2 atom stereocenters. The average molecular weight is 358 g/mol. The summed E-state index contributed by atoms with van der Waals surface area (Å²) in [5.41, 5.74) is 1.76. The van der Waals surface area contributed by atoms with Crippen LogP contribution in [0.2, 0.25) is 0 Å². The molecule has 1 N–H and O–H groups in total. The largest absolute Gasteiger partial charge is 0.378 e. The van der Waals surface area contributed by atoms with Crippen molar-refractivity contribution in [2.24, 2.45) is 11.8 Å². The lowest BCUT2D eigenvalue weighted by Crippen LogP contribution is -2.48. The molecule has 0 radical (unpaired) electrons. The van der Waals surface area contributed by atoms with Crippen molar-refractivity contribution in [3.05, 3.63) is 35.9 Å². The normalized spacial score (nSPS) is 22.9. The summed E-state index contributed by atoms with van der Waals surface area (Å²) >= 11 is 0. The molecular formula is C19H26N4O3. The van der Waals surface area contributed by atoms with E-state index >= 15 is 0 Å². The van der Waals surface area contributed by atoms with Gasteiger partial charge >= 0.3 is 0 Å². The highest BCUT2D eigenvalue weighted by atomic mass is 16.5. The molecule has 1 fully saturated rings. The van der Waals surface area contributed by atoms with E-state index in [0.717, 1.165) is 11.4 Å². The fourth-order valence-corrected chi connectivity index (χ4v) is 3.51. The van der Waals surface area contributed by atoms with Crippen LogP contribution >= 0.6 is 0 Å². The average Bonchev–Trinajstić information content (AvgIpc) is 2.69. The number of morpholine rings is 1. The van der Waals surface area contributed by atoms with E-state index in [2.05, 4.69) is 15.3 Å². The Balaban J connectivity index is 1.56. The van der Waals surface area contributed by atoms with Crippen LogP contribution in [-0.2, 0) is 20.7 Å². The molecule has 0 bridgehead atoms. The zero-order valence-corrected chi connectivity index (χ0v) is 15.2. The second-order valence-corrected chi connectivity index (χ2v) is 6.72. The number of hydrogen-bond donors (Lipinski definition) is 1. The number of carbonyl (C=O) groups excluding carboxylic acids is 2. The van der Waals surface area contributed by atoms with Crippen LogP contribution in [0.5, 0.6) is 0 Å². The molecule has 3 rings (SSSR count). The van der Waals surface area contributed by atoms with E-state index < -0.39 is 0 Å². The molecule has 1 aromatic heterocycles. The first-order valence-electron chi connectivity index (χ1n) is 9.22. The smallest absolute Gasteiger partial charge is 0.226 e. The number of aryl methyl sites for hydroxylation is 1. The van der Waals surface area contributed by atoms with Crippen LogP contribution in [0.15, 0.2) is 24.5 Å². The van der Waals surface area contributed by atoms with Crippen LogP contribution < -0.4 is 5.32 Å². The van der Waals surface area contributed by atoms with Crippen molar-refractivity contribution < 1.29 is 14.3 Å². The van der Waals surface area contributed by atoms with Gasteiger partial charge in [0, 0.05) is 38.4 Å². The lowest BCUT2D eigenvalue weighted by atomic mass is 9.81. The third-order valence-electron chi connectivity index (χ3n) is 5.05. The number of nitrogens with one attached hydrogen (secondary N) is 1. The predicted molar refractivity (Wildman–Crippen MR) is 96.2 cm³/mol. The van der Waals surface area contributed by atoms with Crippen LogP contribution in [0.4, 0.5) is 0 Å². The number of aromatic nitrogens is 2. The van der Waals surface area contributed by atoms with Gasteiger partial charge in [-0.2, -0.15) is 0 Å². The molecule has 7 heteroatoms. The van der Waals surface area contributed by atoms with Gasteiger partial charge in [0.15, 0.2) is 0 Å². The van der Waals surface area contributed by atoms with Crippen molar-refractivity contribution in [2.45, 2.75) is 26.2 Å². The highest BCUT2D eigenvalue weighted by Gasteiger charge is 2.36. The summed E-state index contributed by atoms with van der Waals surface area (Å²) in [4.78, 5) is 35.9. The molecule has 1 aromatic rings. The van der Waals surface area contributed by atoms with Gasteiger partial charge in [0.25, 0.3) is 0 Å². The summed E-state index contributed by atoms with van der Waals surface area (Å²) in [6, 6.07) is 0. The van der Waals surface area contributed by atoms with Crippen LogP contribution in [0.25, 0.3) is 0 Å². The van der Waals surface area contributed by atoms with Gasteiger partial charge in [-0.15, -0.1) is 0 Å². The number of carbonyl (C=O) groups is 2. The van der Waals surface area contributed by atoms with Gasteiger partial charge in [-0.1, -0.05) is 12.2 Å². The second-order valence-electron chi connectivity index (χ2n) is 6.72. The molecule has 2 unspecified atom stereocenters. The number of hydrogen-bond acceptors (Lipinski definition) is 5. The maximum atomic E-state index is 12.8. The fraction of sp³-hybridized carbons (Fsp3) is 0.579. The first-order valence-corrected chi connectivity index (χ1v) is 9.22. The zero-order chi connectivity index (χ0) is 18.4.